The van der Waals surface area contributed by atoms with E-state index in [9.17, 15) is 20.1 Å². The Balaban J connectivity index is 1.13. The third kappa shape index (κ3) is 7.19. The Bertz CT molecular complexity index is 1230. The van der Waals surface area contributed by atoms with Gasteiger partial charge < -0.3 is 48.5 Å². The molecule has 6 saturated heterocycles. The highest BCUT2D eigenvalue weighted by Crippen LogP contribution is 2.57. The summed E-state index contributed by atoms with van der Waals surface area (Å²) in [5, 5.41) is 30.7. The molecule has 0 aromatic rings. The molecule has 19 atom stereocenters. The summed E-state index contributed by atoms with van der Waals surface area (Å²) < 4.78 is 47.0. The average molecular weight is 725 g/mol. The van der Waals surface area contributed by atoms with Crippen molar-refractivity contribution in [2.45, 2.75) is 192 Å². The zero-order valence-electron chi connectivity index (χ0n) is 32.8. The van der Waals surface area contributed by atoms with Gasteiger partial charge in [-0.2, -0.15) is 0 Å². The van der Waals surface area contributed by atoms with Crippen molar-refractivity contribution < 1.29 is 53.3 Å². The second-order valence-corrected chi connectivity index (χ2v) is 18.4. The van der Waals surface area contributed by atoms with Gasteiger partial charge in [0, 0.05) is 37.7 Å². The fraction of sp³-hybridized carbons (Fsp3) is 0.975. The molecule has 0 aromatic heterocycles. The summed E-state index contributed by atoms with van der Waals surface area (Å²) in [6.07, 6.45) is 5.85. The normalized spacial score (nSPS) is 54.2. The van der Waals surface area contributed by atoms with Gasteiger partial charge in [0.25, 0.3) is 0 Å². The zero-order chi connectivity index (χ0) is 37.3. The van der Waals surface area contributed by atoms with Gasteiger partial charge in [-0.1, -0.05) is 41.5 Å². The summed E-state index contributed by atoms with van der Waals surface area (Å²) in [5.41, 5.74) is -1.10. The Morgan fingerprint density at radius 1 is 0.863 bits per heavy atom. The molecule has 3 N–H and O–H groups in total. The number of methoxy groups -OCH3 is 1. The summed E-state index contributed by atoms with van der Waals surface area (Å²) in [6, 6.07) is 0. The molecular formula is C40H68O11. The Kier molecular flexibility index (Phi) is 11.4. The summed E-state index contributed by atoms with van der Waals surface area (Å²) >= 11 is 0. The van der Waals surface area contributed by atoms with Crippen molar-refractivity contribution >= 4 is 5.97 Å². The number of ether oxygens (including phenoxy) is 7. The number of aliphatic carboxylic acids is 1. The molecule has 11 nitrogen and oxygen atoms in total. The second-order valence-electron chi connectivity index (χ2n) is 18.4. The Labute approximate surface area is 305 Å². The second kappa shape index (κ2) is 14.6. The first kappa shape index (κ1) is 39.8. The van der Waals surface area contributed by atoms with E-state index in [1.54, 1.807) is 14.0 Å². The van der Waals surface area contributed by atoms with Crippen LogP contribution < -0.4 is 0 Å². The van der Waals surface area contributed by atoms with E-state index in [-0.39, 0.29) is 84.3 Å². The van der Waals surface area contributed by atoms with Crippen LogP contribution >= 0.6 is 0 Å². The van der Waals surface area contributed by atoms with Crippen molar-refractivity contribution in [1.82, 2.24) is 0 Å². The lowest BCUT2D eigenvalue weighted by Crippen LogP contribution is -2.58. The topological polar surface area (TPSA) is 142 Å². The molecule has 0 aliphatic carbocycles. The van der Waals surface area contributed by atoms with E-state index in [4.69, 9.17) is 33.2 Å². The van der Waals surface area contributed by atoms with E-state index in [1.165, 1.54) is 0 Å². The van der Waals surface area contributed by atoms with Gasteiger partial charge in [0.05, 0.1) is 72.6 Å². The van der Waals surface area contributed by atoms with Crippen molar-refractivity contribution in [2.75, 3.05) is 13.7 Å². The molecule has 0 aromatic carbocycles. The number of rotatable bonds is 9. The lowest BCUT2D eigenvalue weighted by atomic mass is 9.78. The predicted molar refractivity (Wildman–Crippen MR) is 189 cm³/mol. The van der Waals surface area contributed by atoms with Crippen LogP contribution in [0.25, 0.3) is 0 Å². The van der Waals surface area contributed by atoms with Crippen LogP contribution in [0.2, 0.25) is 0 Å². The van der Waals surface area contributed by atoms with Crippen LogP contribution in [-0.2, 0) is 38.0 Å². The summed E-state index contributed by atoms with van der Waals surface area (Å²) in [5.74, 6) is -3.26. The smallest absolute Gasteiger partial charge is 0.308 e. The monoisotopic (exact) mass is 724 g/mol. The molecule has 6 fully saturated rings. The minimum absolute atomic E-state index is 0.00727. The highest BCUT2D eigenvalue weighted by Gasteiger charge is 2.65. The lowest BCUT2D eigenvalue weighted by molar-refractivity contribution is -0.353. The van der Waals surface area contributed by atoms with E-state index in [1.807, 2.05) is 6.92 Å². The molecule has 0 saturated carbocycles. The van der Waals surface area contributed by atoms with Crippen molar-refractivity contribution in [1.29, 1.82) is 0 Å². The number of aliphatic hydroxyl groups excluding tert-OH is 1. The van der Waals surface area contributed by atoms with Gasteiger partial charge in [0.2, 0.25) is 0 Å². The van der Waals surface area contributed by atoms with E-state index in [0.29, 0.717) is 6.42 Å². The van der Waals surface area contributed by atoms with Crippen molar-refractivity contribution in [2.24, 2.45) is 41.4 Å². The molecule has 1 spiro atoms. The standard InChI is InChI=1S/C40H68O11/c1-21-11-12-28(46-33(21)26(6)36(42)43)17-29-18-30(45-10)27(7)40(48-29)25(5)19-38(9,51-40)32-13-14-37(8,49-32)35-23(3)16-31(47-35)34-22(2)15-24(4)39(44,20-41)50-34/h21-35,41,44H,11-20H2,1-10H3,(H,42,43)/t21-,22?,23-,24?,25+,26+,27+,28+,29+,30+,31+,32+,33+,34-,35+,37-,38-,39-,40+/m0/s1. The van der Waals surface area contributed by atoms with Crippen LogP contribution in [0, 0.1) is 41.4 Å². The molecular weight excluding hydrogens is 656 g/mol. The molecule has 6 aliphatic rings. The van der Waals surface area contributed by atoms with Gasteiger partial charge in [0.1, 0.15) is 0 Å². The molecule has 0 amide bonds. The Hall–Kier alpha value is -0.890. The number of carboxylic acids is 1. The van der Waals surface area contributed by atoms with Gasteiger partial charge in [-0.25, -0.2) is 0 Å². The first-order valence-corrected chi connectivity index (χ1v) is 20.0. The van der Waals surface area contributed by atoms with E-state index < -0.39 is 41.3 Å². The van der Waals surface area contributed by atoms with Gasteiger partial charge in [-0.15, -0.1) is 0 Å². The number of aliphatic hydroxyl groups is 2. The van der Waals surface area contributed by atoms with Gasteiger partial charge in [-0.05, 0) is 83.5 Å². The molecule has 6 rings (SSSR count). The maximum atomic E-state index is 11.8. The molecule has 0 bridgehead atoms. The molecule has 0 radical (unpaired) electrons. The largest absolute Gasteiger partial charge is 0.481 e. The van der Waals surface area contributed by atoms with E-state index in [0.717, 1.165) is 51.4 Å². The van der Waals surface area contributed by atoms with Gasteiger partial charge in [0.15, 0.2) is 11.6 Å². The van der Waals surface area contributed by atoms with E-state index >= 15 is 0 Å². The van der Waals surface area contributed by atoms with Crippen molar-refractivity contribution in [3.8, 4) is 0 Å². The summed E-state index contributed by atoms with van der Waals surface area (Å²) in [7, 11) is 1.77. The lowest BCUT2D eigenvalue weighted by Gasteiger charge is -2.50. The Morgan fingerprint density at radius 3 is 2.25 bits per heavy atom. The molecule has 2 unspecified atom stereocenters. The maximum Gasteiger partial charge on any atom is 0.308 e. The first-order valence-electron chi connectivity index (χ1n) is 20.0. The fourth-order valence-electron chi connectivity index (χ4n) is 11.3. The minimum Gasteiger partial charge on any atom is -0.481 e. The number of hydrogen-bond donors (Lipinski definition) is 3. The predicted octanol–water partition coefficient (Wildman–Crippen LogP) is 5.71. The quantitative estimate of drug-likeness (QED) is 0.269. The van der Waals surface area contributed by atoms with Crippen molar-refractivity contribution in [3.05, 3.63) is 0 Å². The first-order chi connectivity index (χ1) is 23.9. The van der Waals surface area contributed by atoms with Crippen LogP contribution in [0.3, 0.4) is 0 Å². The van der Waals surface area contributed by atoms with Crippen LogP contribution in [-0.4, -0.2) is 107 Å². The highest BCUT2D eigenvalue weighted by molar-refractivity contribution is 5.70. The average Bonchev–Trinajstić information content (AvgIpc) is 3.75. The molecule has 11 heteroatoms. The molecule has 6 heterocycles. The third-order valence-corrected chi connectivity index (χ3v) is 14.4. The van der Waals surface area contributed by atoms with Gasteiger partial charge in [-0.3, -0.25) is 4.79 Å². The summed E-state index contributed by atoms with van der Waals surface area (Å²) in [4.78, 5) is 11.8. The van der Waals surface area contributed by atoms with Crippen LogP contribution in [0.4, 0.5) is 0 Å². The SMILES string of the molecule is CO[C@@H]1C[C@@H](C[C@H]2CC[C@H](C)[C@H]([C@@H](C)C(=O)O)O2)O[C@]2(O[C@](C)([C@H]3CC[C@@](C)([C@@H]4O[C@@H]([C@H]5O[C@@](O)(CO)C(C)CC5C)C[C@@H]4C)O3)C[C@H]2C)[C@@H]1C. The highest BCUT2D eigenvalue weighted by atomic mass is 16.7. The Morgan fingerprint density at radius 2 is 1.59 bits per heavy atom. The minimum atomic E-state index is -1.55. The van der Waals surface area contributed by atoms with Gasteiger partial charge >= 0.3 is 5.97 Å². The van der Waals surface area contributed by atoms with Crippen LogP contribution in [0.15, 0.2) is 0 Å². The number of carbonyl (C=O) groups is 1. The zero-order valence-corrected chi connectivity index (χ0v) is 32.8. The van der Waals surface area contributed by atoms with Crippen LogP contribution in [0.5, 0.6) is 0 Å². The number of hydrogen-bond acceptors (Lipinski definition) is 10. The maximum absolute atomic E-state index is 11.8. The number of carboxylic acid groups (broad SMARTS) is 1. The van der Waals surface area contributed by atoms with Crippen molar-refractivity contribution in [3.63, 3.8) is 0 Å². The molecule has 294 valence electrons. The third-order valence-electron chi connectivity index (χ3n) is 14.4. The van der Waals surface area contributed by atoms with Crippen LogP contribution in [0.1, 0.15) is 120 Å². The summed E-state index contributed by atoms with van der Waals surface area (Å²) in [6.45, 7) is 18.4. The van der Waals surface area contributed by atoms with E-state index in [2.05, 4.69) is 48.5 Å². The molecule has 6 aliphatic heterocycles. The fourth-order valence-corrected chi connectivity index (χ4v) is 11.3. The molecule has 51 heavy (non-hydrogen) atoms.